The van der Waals surface area contributed by atoms with Gasteiger partial charge in [0.25, 0.3) is 0 Å². The summed E-state index contributed by atoms with van der Waals surface area (Å²) in [4.78, 5) is 0. The average molecular weight is 272 g/mol. The summed E-state index contributed by atoms with van der Waals surface area (Å²) in [7, 11) is -3.74. The van der Waals surface area contributed by atoms with E-state index in [2.05, 4.69) is 0 Å². The molecule has 1 atom stereocenters. The molecule has 0 aromatic carbocycles. The Hall–Kier alpha value is 0.428. The first kappa shape index (κ1) is 13.4. The molecule has 0 aliphatic carbocycles. The van der Waals surface area contributed by atoms with Crippen molar-refractivity contribution < 1.29 is 18.1 Å². The fourth-order valence-electron chi connectivity index (χ4n) is 0.866. The third kappa shape index (κ3) is 12.4. The second-order valence-electron chi connectivity index (χ2n) is 2.82. The van der Waals surface area contributed by atoms with Gasteiger partial charge >= 0.3 is 86.0 Å². The van der Waals surface area contributed by atoms with Crippen LogP contribution in [-0.2, 0) is 10.1 Å². The second-order valence-corrected chi connectivity index (χ2v) is 7.54. The Labute approximate surface area is 86.2 Å². The van der Waals surface area contributed by atoms with E-state index in [0.717, 1.165) is 23.3 Å². The van der Waals surface area contributed by atoms with E-state index in [-0.39, 0.29) is 28.1 Å². The van der Waals surface area contributed by atoms with Crippen molar-refractivity contribution in [3.05, 3.63) is 0 Å². The van der Waals surface area contributed by atoms with Crippen LogP contribution in [0.15, 0.2) is 0 Å². The van der Waals surface area contributed by atoms with Gasteiger partial charge in [0, 0.05) is 0 Å². The van der Waals surface area contributed by atoms with Crippen LogP contribution in [0.5, 0.6) is 0 Å². The molecule has 0 rings (SSSR count). The molecule has 0 heterocycles. The fraction of sp³-hybridized carbons (Fsp3) is 1.00. The van der Waals surface area contributed by atoms with Crippen LogP contribution < -0.4 is 0 Å². The van der Waals surface area contributed by atoms with Crippen LogP contribution in [0.2, 0.25) is 10.4 Å². The van der Waals surface area contributed by atoms with Crippen molar-refractivity contribution in [3.63, 3.8) is 0 Å². The van der Waals surface area contributed by atoms with E-state index in [1.807, 2.05) is 0 Å². The summed E-state index contributed by atoms with van der Waals surface area (Å²) in [6.07, 6.45) is 2.47. The van der Waals surface area contributed by atoms with Crippen LogP contribution in [0, 0.1) is 0 Å². The van der Waals surface area contributed by atoms with Gasteiger partial charge in [-0.1, -0.05) is 0 Å². The summed E-state index contributed by atoms with van der Waals surface area (Å²) in [5, 5.41) is 10.6. The zero-order valence-electron chi connectivity index (χ0n) is 7.57. The van der Waals surface area contributed by atoms with Gasteiger partial charge in [-0.25, -0.2) is 0 Å². The molecule has 0 fully saturated rings. The fourth-order valence-corrected chi connectivity index (χ4v) is 4.38. The molecule has 0 aromatic rings. The van der Waals surface area contributed by atoms with Crippen molar-refractivity contribution in [3.8, 4) is 0 Å². The molecule has 4 nitrogen and oxygen atoms in total. The summed E-state index contributed by atoms with van der Waals surface area (Å²) in [5.74, 6) is -0.101. The minimum atomic E-state index is -3.74. The van der Waals surface area contributed by atoms with Gasteiger partial charge in [-0.3, -0.25) is 0 Å². The molecule has 0 radical (unpaired) electrons. The Morgan fingerprint density at radius 3 is 2.23 bits per heavy atom. The van der Waals surface area contributed by atoms with Crippen LogP contribution in [0.4, 0.5) is 0 Å². The monoisotopic (exact) mass is 272 g/mol. The van der Waals surface area contributed by atoms with Gasteiger partial charge in [-0.2, -0.15) is 0 Å². The van der Waals surface area contributed by atoms with Gasteiger partial charge in [-0.15, -0.1) is 0 Å². The third-order valence-electron chi connectivity index (χ3n) is 1.52. The number of hydrogen-bond acceptors (Lipinski definition) is 3. The topological polar surface area (TPSA) is 74.6 Å². The SMILES string of the molecule is O=S(=O)(O)CCC[AsH]CCCCO. The summed E-state index contributed by atoms with van der Waals surface area (Å²) in [6.45, 7) is 0.247. The van der Waals surface area contributed by atoms with E-state index in [0.29, 0.717) is 6.42 Å². The van der Waals surface area contributed by atoms with Crippen LogP contribution in [0.1, 0.15) is 19.3 Å². The minimum absolute atomic E-state index is 0.0514. The summed E-state index contributed by atoms with van der Waals surface area (Å²) < 4.78 is 29.0. The molecule has 2 N–H and O–H groups in total. The van der Waals surface area contributed by atoms with Crippen molar-refractivity contribution in [2.45, 2.75) is 29.7 Å². The maximum atomic E-state index is 10.3. The predicted octanol–water partition coefficient (Wildman–Crippen LogP) is 0.310. The Morgan fingerprint density at radius 2 is 1.69 bits per heavy atom. The summed E-state index contributed by atoms with van der Waals surface area (Å²) >= 11 is -0.0514. The molecule has 0 aromatic heterocycles. The van der Waals surface area contributed by atoms with Gasteiger partial charge in [0.1, 0.15) is 0 Å². The Kier molecular flexibility index (Phi) is 8.05. The maximum absolute atomic E-state index is 10.3. The van der Waals surface area contributed by atoms with Gasteiger partial charge in [0.2, 0.25) is 0 Å². The quantitative estimate of drug-likeness (QED) is 0.379. The van der Waals surface area contributed by atoms with Crippen LogP contribution in [0.3, 0.4) is 0 Å². The molecule has 1 unspecified atom stereocenters. The van der Waals surface area contributed by atoms with Crippen LogP contribution in [-0.4, -0.2) is 46.2 Å². The molecule has 0 amide bonds. The normalized spacial score (nSPS) is 12.8. The number of aliphatic hydroxyl groups is 1. The Morgan fingerprint density at radius 1 is 1.08 bits per heavy atom. The summed E-state index contributed by atoms with van der Waals surface area (Å²) in [6, 6.07) is 0. The summed E-state index contributed by atoms with van der Waals surface area (Å²) in [5.41, 5.74) is 0. The van der Waals surface area contributed by atoms with Gasteiger partial charge in [-0.05, 0) is 0 Å². The number of rotatable bonds is 8. The molecule has 6 heteroatoms. The van der Waals surface area contributed by atoms with Crippen molar-refractivity contribution in [2.75, 3.05) is 12.4 Å². The first-order chi connectivity index (χ1) is 6.06. The van der Waals surface area contributed by atoms with Gasteiger partial charge in [0.05, 0.1) is 0 Å². The zero-order valence-corrected chi connectivity index (χ0v) is 10.5. The van der Waals surface area contributed by atoms with Gasteiger partial charge in [0.15, 0.2) is 0 Å². The first-order valence-electron chi connectivity index (χ1n) is 4.33. The molecule has 13 heavy (non-hydrogen) atoms. The molecule has 80 valence electrons. The number of aliphatic hydroxyl groups excluding tert-OH is 1. The Balaban J connectivity index is 3.09. The zero-order chi connectivity index (χ0) is 10.2. The molecule has 0 aliphatic heterocycles. The van der Waals surface area contributed by atoms with Crippen LogP contribution >= 0.6 is 0 Å². The molecule has 0 saturated carbocycles. The molecule has 0 spiro atoms. The van der Waals surface area contributed by atoms with Crippen molar-refractivity contribution in [1.29, 1.82) is 0 Å². The van der Waals surface area contributed by atoms with E-state index >= 15 is 0 Å². The van der Waals surface area contributed by atoms with E-state index in [4.69, 9.17) is 9.66 Å². The molecular weight excluding hydrogens is 255 g/mol. The second kappa shape index (κ2) is 7.80. The third-order valence-corrected chi connectivity index (χ3v) is 5.29. The van der Waals surface area contributed by atoms with Crippen LogP contribution in [0.25, 0.3) is 0 Å². The van der Waals surface area contributed by atoms with E-state index in [1.54, 1.807) is 0 Å². The van der Waals surface area contributed by atoms with Crippen molar-refractivity contribution in [1.82, 2.24) is 0 Å². The average Bonchev–Trinajstić information content (AvgIpc) is 2.01. The van der Waals surface area contributed by atoms with Crippen molar-refractivity contribution in [2.24, 2.45) is 0 Å². The Bertz CT molecular complexity index is 203. The van der Waals surface area contributed by atoms with Crippen molar-refractivity contribution >= 4 is 25.9 Å². The number of hydrogen-bond donors (Lipinski definition) is 2. The molecule has 0 saturated heterocycles. The molecule has 0 aliphatic rings. The van der Waals surface area contributed by atoms with E-state index in [1.165, 1.54) is 0 Å². The molecule has 0 bridgehead atoms. The first-order valence-corrected chi connectivity index (χ1v) is 8.90. The van der Waals surface area contributed by atoms with Gasteiger partial charge < -0.3 is 0 Å². The predicted molar refractivity (Wildman–Crippen MR) is 54.1 cm³/mol. The number of unbranched alkanes of at least 4 members (excludes halogenated alkanes) is 1. The van der Waals surface area contributed by atoms with E-state index in [9.17, 15) is 8.42 Å². The van der Waals surface area contributed by atoms with E-state index < -0.39 is 10.1 Å². The molecular formula is C7H17AsO4S. The standard InChI is InChI=1S/C7H17AsO4S/c9-6-2-1-4-8-5-3-7-13(10,11)12/h8-9H,1-7H2,(H,10,11,12).